The lowest BCUT2D eigenvalue weighted by atomic mass is 10.1. The zero-order chi connectivity index (χ0) is 28.7. The number of hydrogen-bond donors (Lipinski definition) is 1. The minimum atomic E-state index is -1.75. The van der Waals surface area contributed by atoms with E-state index in [-0.39, 0.29) is 28.2 Å². The van der Waals surface area contributed by atoms with E-state index in [1.807, 2.05) is 39.0 Å². The molecule has 0 radical (unpaired) electrons. The summed E-state index contributed by atoms with van der Waals surface area (Å²) in [7, 11) is -1.75. The van der Waals surface area contributed by atoms with Gasteiger partial charge in [0, 0.05) is 22.2 Å². The van der Waals surface area contributed by atoms with Gasteiger partial charge in [-0.05, 0) is 79.1 Å². The van der Waals surface area contributed by atoms with E-state index in [9.17, 15) is 19.1 Å². The molecule has 5 rings (SSSR count). The zero-order valence-corrected chi connectivity index (χ0v) is 23.4. The maximum absolute atomic E-state index is 13.8. The van der Waals surface area contributed by atoms with Gasteiger partial charge < -0.3 is 10.5 Å². The Balaban J connectivity index is 1.54. The van der Waals surface area contributed by atoms with Crippen molar-refractivity contribution in [1.82, 2.24) is 8.96 Å². The van der Waals surface area contributed by atoms with Crippen LogP contribution in [0, 0.1) is 32.1 Å². The summed E-state index contributed by atoms with van der Waals surface area (Å²) in [4.78, 5) is 30.6. The SMILES string of the molecule is Cc1cc(C)c(S(=O)n2cc(C(=O)COc3cc4ccc(Cl)cc4cc3C(N)=O)c3ccc(C#N)nc32)c(C)c1. The second-order valence-corrected chi connectivity index (χ2v) is 11.2. The molecule has 1 unspecified atom stereocenters. The highest BCUT2D eigenvalue weighted by Gasteiger charge is 2.23. The summed E-state index contributed by atoms with van der Waals surface area (Å²) >= 11 is 6.08. The topological polar surface area (TPSA) is 128 Å². The van der Waals surface area contributed by atoms with Gasteiger partial charge in [-0.25, -0.2) is 13.2 Å². The number of aryl methyl sites for hydroxylation is 3. The van der Waals surface area contributed by atoms with E-state index in [0.717, 1.165) is 22.1 Å². The van der Waals surface area contributed by atoms with Crippen molar-refractivity contribution in [3.8, 4) is 11.8 Å². The molecule has 0 saturated carbocycles. The first kappa shape index (κ1) is 27.1. The molecule has 2 aromatic heterocycles. The maximum Gasteiger partial charge on any atom is 0.252 e. The number of carbonyl (C=O) groups is 2. The van der Waals surface area contributed by atoms with Gasteiger partial charge in [-0.15, -0.1) is 0 Å². The third-order valence-electron chi connectivity index (χ3n) is 6.52. The van der Waals surface area contributed by atoms with E-state index in [4.69, 9.17) is 22.1 Å². The van der Waals surface area contributed by atoms with Crippen LogP contribution in [0.25, 0.3) is 21.8 Å². The number of primary amides is 1. The van der Waals surface area contributed by atoms with Gasteiger partial charge in [0.1, 0.15) is 17.5 Å². The number of ether oxygens (including phenoxy) is 1. The van der Waals surface area contributed by atoms with Crippen molar-refractivity contribution in [3.63, 3.8) is 0 Å². The maximum atomic E-state index is 13.8. The van der Waals surface area contributed by atoms with Crippen molar-refractivity contribution >= 4 is 56.1 Å². The molecule has 40 heavy (non-hydrogen) atoms. The minimum Gasteiger partial charge on any atom is -0.485 e. The van der Waals surface area contributed by atoms with E-state index in [1.54, 1.807) is 36.4 Å². The van der Waals surface area contributed by atoms with Crippen LogP contribution < -0.4 is 10.5 Å². The summed E-state index contributed by atoms with van der Waals surface area (Å²) in [5.41, 5.74) is 8.98. The van der Waals surface area contributed by atoms with E-state index < -0.39 is 29.3 Å². The molecule has 2 N–H and O–H groups in total. The number of rotatable bonds is 7. The van der Waals surface area contributed by atoms with Crippen LogP contribution in [0.5, 0.6) is 5.75 Å². The lowest BCUT2D eigenvalue weighted by Crippen LogP contribution is -2.16. The molecule has 200 valence electrons. The summed E-state index contributed by atoms with van der Waals surface area (Å²) in [5, 5.41) is 11.8. The van der Waals surface area contributed by atoms with Gasteiger partial charge in [0.25, 0.3) is 5.91 Å². The number of halogens is 1. The summed E-state index contributed by atoms with van der Waals surface area (Å²) in [6, 6.07) is 17.3. The predicted molar refractivity (Wildman–Crippen MR) is 154 cm³/mol. The van der Waals surface area contributed by atoms with Gasteiger partial charge in [0.05, 0.1) is 10.5 Å². The van der Waals surface area contributed by atoms with E-state index >= 15 is 0 Å². The van der Waals surface area contributed by atoms with Crippen molar-refractivity contribution < 1.29 is 18.5 Å². The van der Waals surface area contributed by atoms with Gasteiger partial charge in [-0.3, -0.25) is 9.59 Å². The van der Waals surface area contributed by atoms with Crippen molar-refractivity contribution in [2.75, 3.05) is 6.61 Å². The Labute approximate surface area is 237 Å². The molecular formula is C30H23ClN4O4S. The van der Waals surface area contributed by atoms with Crippen molar-refractivity contribution in [3.05, 3.63) is 99.3 Å². The lowest BCUT2D eigenvalue weighted by Gasteiger charge is -2.12. The second-order valence-electron chi connectivity index (χ2n) is 9.44. The van der Waals surface area contributed by atoms with Crippen LogP contribution in [-0.4, -0.2) is 31.5 Å². The van der Waals surface area contributed by atoms with Crippen LogP contribution in [0.4, 0.5) is 0 Å². The molecule has 0 aliphatic heterocycles. The van der Waals surface area contributed by atoms with Gasteiger partial charge in [0.2, 0.25) is 5.78 Å². The van der Waals surface area contributed by atoms with Crippen molar-refractivity contribution in [1.29, 1.82) is 5.26 Å². The number of carbonyl (C=O) groups excluding carboxylic acids is 2. The molecule has 0 aliphatic rings. The average molecular weight is 571 g/mol. The molecule has 2 heterocycles. The Morgan fingerprint density at radius 1 is 1.02 bits per heavy atom. The van der Waals surface area contributed by atoms with E-state index in [0.29, 0.717) is 20.7 Å². The number of hydrogen-bond acceptors (Lipinski definition) is 6. The lowest BCUT2D eigenvalue weighted by molar-refractivity contribution is 0.0914. The van der Waals surface area contributed by atoms with Crippen molar-refractivity contribution in [2.45, 2.75) is 25.7 Å². The third kappa shape index (κ3) is 4.95. The first-order chi connectivity index (χ1) is 19.1. The van der Waals surface area contributed by atoms with Gasteiger partial charge in [-0.1, -0.05) is 35.4 Å². The smallest absolute Gasteiger partial charge is 0.252 e. The Bertz CT molecular complexity index is 1920. The largest absolute Gasteiger partial charge is 0.485 e. The molecule has 5 aromatic rings. The minimum absolute atomic E-state index is 0.108. The zero-order valence-electron chi connectivity index (χ0n) is 21.8. The van der Waals surface area contributed by atoms with Crippen LogP contribution in [0.1, 0.15) is 43.1 Å². The number of Topliss-reactive ketones (excluding diaryl/α,β-unsaturated/α-hetero) is 1. The summed E-state index contributed by atoms with van der Waals surface area (Å²) in [6.45, 7) is 5.29. The number of nitrogens with zero attached hydrogens (tertiary/aromatic N) is 3. The molecule has 3 aromatic carbocycles. The average Bonchev–Trinajstić information content (AvgIpc) is 3.29. The Morgan fingerprint density at radius 2 is 1.75 bits per heavy atom. The van der Waals surface area contributed by atoms with Gasteiger partial charge in [0.15, 0.2) is 23.2 Å². The highest BCUT2D eigenvalue weighted by Crippen LogP contribution is 2.30. The summed E-state index contributed by atoms with van der Waals surface area (Å²) in [5.74, 6) is -0.997. The fourth-order valence-corrected chi connectivity index (χ4v) is 6.35. The Kier molecular flexibility index (Phi) is 7.15. The monoisotopic (exact) mass is 570 g/mol. The van der Waals surface area contributed by atoms with Crippen LogP contribution in [-0.2, 0) is 11.0 Å². The molecule has 1 atom stereocenters. The molecule has 0 saturated heterocycles. The number of pyridine rings is 1. The fourth-order valence-electron chi connectivity index (χ4n) is 4.81. The summed E-state index contributed by atoms with van der Waals surface area (Å²) < 4.78 is 21.1. The van der Waals surface area contributed by atoms with Crippen LogP contribution in [0.2, 0.25) is 5.02 Å². The van der Waals surface area contributed by atoms with Crippen LogP contribution >= 0.6 is 11.6 Å². The molecule has 0 fully saturated rings. The molecule has 0 bridgehead atoms. The van der Waals surface area contributed by atoms with Gasteiger partial charge >= 0.3 is 0 Å². The normalized spacial score (nSPS) is 11.9. The number of nitriles is 1. The fraction of sp³-hybridized carbons (Fsp3) is 0.133. The molecule has 0 aliphatic carbocycles. The van der Waals surface area contributed by atoms with Crippen molar-refractivity contribution in [2.24, 2.45) is 5.73 Å². The van der Waals surface area contributed by atoms with E-state index in [1.165, 1.54) is 16.2 Å². The molecule has 8 nitrogen and oxygen atoms in total. The van der Waals surface area contributed by atoms with Crippen LogP contribution in [0.15, 0.2) is 65.7 Å². The van der Waals surface area contributed by atoms with Crippen LogP contribution in [0.3, 0.4) is 0 Å². The predicted octanol–water partition coefficient (Wildman–Crippen LogP) is 5.57. The number of benzene rings is 3. The highest BCUT2D eigenvalue weighted by atomic mass is 35.5. The number of nitrogens with two attached hydrogens (primary N) is 1. The Hall–Kier alpha value is -4.52. The quantitative estimate of drug-likeness (QED) is 0.255. The molecule has 0 spiro atoms. The number of fused-ring (bicyclic) bond motifs is 2. The number of aromatic nitrogens is 2. The number of amides is 1. The first-order valence-electron chi connectivity index (χ1n) is 12.2. The first-order valence-corrected chi connectivity index (χ1v) is 13.7. The van der Waals surface area contributed by atoms with Gasteiger partial charge in [-0.2, -0.15) is 5.26 Å². The number of ketones is 1. The van der Waals surface area contributed by atoms with E-state index in [2.05, 4.69) is 4.98 Å². The molecule has 10 heteroatoms. The highest BCUT2D eigenvalue weighted by molar-refractivity contribution is 7.83. The third-order valence-corrected chi connectivity index (χ3v) is 8.38. The summed E-state index contributed by atoms with van der Waals surface area (Å²) in [6.07, 6.45) is 1.47. The molecular weight excluding hydrogens is 548 g/mol. The molecule has 1 amide bonds. The Morgan fingerprint density at radius 3 is 2.42 bits per heavy atom. The standard InChI is InChI=1S/C30H23ClN4O4S/c1-16-8-17(2)28(18(3)9-16)40(38)35-14-25(23-7-6-22(13-32)34-30(23)35)26(36)15-39-27-12-19-4-5-21(31)10-20(19)11-24(27)29(33)37/h4-12,14H,15H2,1-3H3,(H2,33,37). The second kappa shape index (κ2) is 10.6.